The zero-order valence-electron chi connectivity index (χ0n) is 16.5. The van der Waals surface area contributed by atoms with E-state index in [9.17, 15) is 9.59 Å². The molecule has 1 aliphatic heterocycles. The number of hydrogen-bond acceptors (Lipinski definition) is 5. The SMILES string of the molecule is COc1cc(CNC(=O)C2CC(=O)N(c3cccc(Cl)c3)C2)cc(OC)c1OC. The fourth-order valence-electron chi connectivity index (χ4n) is 3.35. The third-order valence-corrected chi connectivity index (χ3v) is 5.04. The van der Waals surface area contributed by atoms with Gasteiger partial charge in [-0.25, -0.2) is 0 Å². The summed E-state index contributed by atoms with van der Waals surface area (Å²) in [7, 11) is 4.60. The van der Waals surface area contributed by atoms with Crippen LogP contribution in [0, 0.1) is 5.92 Å². The van der Waals surface area contributed by atoms with Crippen LogP contribution in [0.1, 0.15) is 12.0 Å². The third kappa shape index (κ3) is 4.56. The summed E-state index contributed by atoms with van der Waals surface area (Å²) in [5.41, 5.74) is 1.49. The first kappa shape index (κ1) is 20.8. The number of amides is 2. The van der Waals surface area contributed by atoms with Gasteiger partial charge in [-0.1, -0.05) is 17.7 Å². The predicted octanol–water partition coefficient (Wildman–Crippen LogP) is 3.04. The molecule has 2 aromatic carbocycles. The summed E-state index contributed by atoms with van der Waals surface area (Å²) >= 11 is 6.01. The summed E-state index contributed by atoms with van der Waals surface area (Å²) in [6, 6.07) is 10.6. The van der Waals surface area contributed by atoms with Crippen LogP contribution in [0.4, 0.5) is 5.69 Å². The van der Waals surface area contributed by atoms with Crippen LogP contribution in [0.5, 0.6) is 17.2 Å². The summed E-state index contributed by atoms with van der Waals surface area (Å²) < 4.78 is 16.0. The van der Waals surface area contributed by atoms with E-state index in [0.717, 1.165) is 5.56 Å². The van der Waals surface area contributed by atoms with Crippen LogP contribution in [0.2, 0.25) is 5.02 Å². The van der Waals surface area contributed by atoms with Crippen molar-refractivity contribution in [1.82, 2.24) is 5.32 Å². The molecule has 0 aliphatic carbocycles. The van der Waals surface area contributed by atoms with Crippen LogP contribution >= 0.6 is 11.6 Å². The molecular formula is C21H23ClN2O5. The molecule has 2 amide bonds. The second kappa shape index (κ2) is 9.05. The molecule has 0 aromatic heterocycles. The largest absolute Gasteiger partial charge is 0.493 e. The van der Waals surface area contributed by atoms with Gasteiger partial charge in [0.15, 0.2) is 11.5 Å². The fourth-order valence-corrected chi connectivity index (χ4v) is 3.53. The zero-order valence-corrected chi connectivity index (χ0v) is 17.3. The molecule has 0 bridgehead atoms. The Labute approximate surface area is 174 Å². The number of hydrogen-bond donors (Lipinski definition) is 1. The maximum atomic E-state index is 12.6. The van der Waals surface area contributed by atoms with Crippen molar-refractivity contribution >= 4 is 29.1 Å². The number of benzene rings is 2. The molecular weight excluding hydrogens is 396 g/mol. The van der Waals surface area contributed by atoms with Crippen molar-refractivity contribution in [3.05, 3.63) is 47.0 Å². The second-order valence-electron chi connectivity index (χ2n) is 6.64. The second-order valence-corrected chi connectivity index (χ2v) is 7.07. The summed E-state index contributed by atoms with van der Waals surface area (Å²) in [5, 5.41) is 3.44. The highest BCUT2D eigenvalue weighted by Crippen LogP contribution is 2.38. The van der Waals surface area contributed by atoms with Gasteiger partial charge in [0.05, 0.1) is 27.2 Å². The summed E-state index contributed by atoms with van der Waals surface area (Å²) in [4.78, 5) is 26.6. The van der Waals surface area contributed by atoms with E-state index >= 15 is 0 Å². The van der Waals surface area contributed by atoms with E-state index in [2.05, 4.69) is 5.32 Å². The molecule has 1 N–H and O–H groups in total. The standard InChI is InChI=1S/C21H23ClN2O5/c1-27-17-7-13(8-18(28-2)20(17)29-3)11-23-21(26)14-9-19(25)24(12-14)16-6-4-5-15(22)10-16/h4-8,10,14H,9,11-12H2,1-3H3,(H,23,26). The van der Waals surface area contributed by atoms with Gasteiger partial charge in [0.25, 0.3) is 0 Å². The number of rotatable bonds is 7. The molecule has 1 fully saturated rings. The van der Waals surface area contributed by atoms with Gasteiger partial charge in [-0.15, -0.1) is 0 Å². The normalized spacial score (nSPS) is 15.9. The highest BCUT2D eigenvalue weighted by atomic mass is 35.5. The van der Waals surface area contributed by atoms with Gasteiger partial charge in [0, 0.05) is 30.2 Å². The maximum absolute atomic E-state index is 12.6. The lowest BCUT2D eigenvalue weighted by Crippen LogP contribution is -2.32. The molecule has 1 saturated heterocycles. The first-order chi connectivity index (χ1) is 14.0. The quantitative estimate of drug-likeness (QED) is 0.747. The van der Waals surface area contributed by atoms with Crippen LogP contribution in [0.15, 0.2) is 36.4 Å². The first-order valence-corrected chi connectivity index (χ1v) is 9.47. The Morgan fingerprint density at radius 2 is 1.83 bits per heavy atom. The Kier molecular flexibility index (Phi) is 6.49. The fraction of sp³-hybridized carbons (Fsp3) is 0.333. The molecule has 2 aromatic rings. The van der Waals surface area contributed by atoms with E-state index in [-0.39, 0.29) is 24.8 Å². The van der Waals surface area contributed by atoms with E-state index < -0.39 is 5.92 Å². The molecule has 3 rings (SSSR count). The van der Waals surface area contributed by atoms with E-state index in [4.69, 9.17) is 25.8 Å². The first-order valence-electron chi connectivity index (χ1n) is 9.09. The summed E-state index contributed by atoms with van der Waals surface area (Å²) in [6.07, 6.45) is 0.160. The molecule has 154 valence electrons. The van der Waals surface area contributed by atoms with Crippen molar-refractivity contribution in [3.63, 3.8) is 0 Å². The number of carbonyl (C=O) groups excluding carboxylic acids is 2. The van der Waals surface area contributed by atoms with E-state index in [0.29, 0.717) is 34.5 Å². The van der Waals surface area contributed by atoms with E-state index in [1.807, 2.05) is 0 Å². The lowest BCUT2D eigenvalue weighted by atomic mass is 10.1. The molecule has 1 unspecified atom stereocenters. The zero-order chi connectivity index (χ0) is 21.0. The number of nitrogens with zero attached hydrogens (tertiary/aromatic N) is 1. The molecule has 1 heterocycles. The maximum Gasteiger partial charge on any atom is 0.227 e. The topological polar surface area (TPSA) is 77.1 Å². The Morgan fingerprint density at radius 1 is 1.14 bits per heavy atom. The Balaban J connectivity index is 1.66. The van der Waals surface area contributed by atoms with Gasteiger partial charge < -0.3 is 24.4 Å². The molecule has 0 saturated carbocycles. The lowest BCUT2D eigenvalue weighted by Gasteiger charge is -2.17. The molecule has 0 radical (unpaired) electrons. The van der Waals surface area contributed by atoms with E-state index in [1.54, 1.807) is 41.3 Å². The number of halogens is 1. The van der Waals surface area contributed by atoms with Gasteiger partial charge in [-0.3, -0.25) is 9.59 Å². The molecule has 7 nitrogen and oxygen atoms in total. The van der Waals surface area contributed by atoms with Crippen molar-refractivity contribution in [3.8, 4) is 17.2 Å². The average Bonchev–Trinajstić information content (AvgIpc) is 3.12. The minimum Gasteiger partial charge on any atom is -0.493 e. The van der Waals surface area contributed by atoms with Crippen molar-refractivity contribution in [2.45, 2.75) is 13.0 Å². The van der Waals surface area contributed by atoms with Crippen molar-refractivity contribution < 1.29 is 23.8 Å². The minimum atomic E-state index is -0.427. The Bertz CT molecular complexity index is 893. The van der Waals surface area contributed by atoms with Crippen LogP contribution in [0.3, 0.4) is 0 Å². The van der Waals surface area contributed by atoms with Crippen molar-refractivity contribution in [2.24, 2.45) is 5.92 Å². The van der Waals surface area contributed by atoms with Crippen LogP contribution in [-0.4, -0.2) is 39.7 Å². The third-order valence-electron chi connectivity index (χ3n) is 4.81. The highest BCUT2D eigenvalue weighted by Gasteiger charge is 2.35. The van der Waals surface area contributed by atoms with Crippen molar-refractivity contribution in [1.29, 1.82) is 0 Å². The monoisotopic (exact) mass is 418 g/mol. The molecule has 1 atom stereocenters. The summed E-state index contributed by atoms with van der Waals surface area (Å²) in [5.74, 6) is 0.808. The smallest absolute Gasteiger partial charge is 0.227 e. The van der Waals surface area contributed by atoms with Crippen molar-refractivity contribution in [2.75, 3.05) is 32.8 Å². The van der Waals surface area contributed by atoms with Gasteiger partial charge >= 0.3 is 0 Å². The molecule has 8 heteroatoms. The number of anilines is 1. The average molecular weight is 419 g/mol. The summed E-state index contributed by atoms with van der Waals surface area (Å²) in [6.45, 7) is 0.595. The van der Waals surface area contributed by atoms with E-state index in [1.165, 1.54) is 21.3 Å². The number of ether oxygens (including phenoxy) is 3. The predicted molar refractivity (Wildman–Crippen MR) is 110 cm³/mol. The Morgan fingerprint density at radius 3 is 2.41 bits per heavy atom. The Hall–Kier alpha value is -2.93. The van der Waals surface area contributed by atoms with Crippen LogP contribution in [0.25, 0.3) is 0 Å². The van der Waals surface area contributed by atoms with Crippen LogP contribution in [-0.2, 0) is 16.1 Å². The van der Waals surface area contributed by atoms with Gasteiger partial charge in [0.2, 0.25) is 17.6 Å². The van der Waals surface area contributed by atoms with Crippen LogP contribution < -0.4 is 24.4 Å². The number of carbonyl (C=O) groups is 2. The molecule has 0 spiro atoms. The minimum absolute atomic E-state index is 0.0970. The number of nitrogens with one attached hydrogen (secondary N) is 1. The van der Waals surface area contributed by atoms with Gasteiger partial charge in [0.1, 0.15) is 0 Å². The molecule has 1 aliphatic rings. The van der Waals surface area contributed by atoms with Gasteiger partial charge in [-0.05, 0) is 35.9 Å². The molecule has 29 heavy (non-hydrogen) atoms. The number of methoxy groups -OCH3 is 3. The lowest BCUT2D eigenvalue weighted by molar-refractivity contribution is -0.126. The highest BCUT2D eigenvalue weighted by molar-refractivity contribution is 6.31. The van der Waals surface area contributed by atoms with Gasteiger partial charge in [-0.2, -0.15) is 0 Å².